The maximum atomic E-state index is 6.18. The topological polar surface area (TPSA) is 30.8 Å². The Kier molecular flexibility index (Phi) is 7.81. The van der Waals surface area contributed by atoms with Crippen LogP contribution in [0.3, 0.4) is 0 Å². The largest absolute Gasteiger partial charge is 0.490 e. The van der Waals surface area contributed by atoms with E-state index in [9.17, 15) is 0 Å². The third-order valence-corrected chi connectivity index (χ3v) is 5.57. The van der Waals surface area contributed by atoms with Gasteiger partial charge in [0, 0.05) is 16.3 Å². The fourth-order valence-electron chi connectivity index (χ4n) is 2.66. The molecule has 3 aromatic carbocycles. The molecule has 150 valence electrons. The predicted molar refractivity (Wildman–Crippen MR) is 130 cm³/mol. The van der Waals surface area contributed by atoms with Crippen LogP contribution in [0.1, 0.15) is 23.6 Å². The minimum Gasteiger partial charge on any atom is -0.490 e. The third kappa shape index (κ3) is 6.11. The number of halogens is 3. The highest BCUT2D eigenvalue weighted by Crippen LogP contribution is 2.35. The van der Waals surface area contributed by atoms with E-state index in [1.165, 1.54) is 0 Å². The third-order valence-electron chi connectivity index (χ3n) is 4.12. The molecule has 0 saturated heterocycles. The number of nitrogens with zero attached hydrogens (tertiary/aromatic N) is 1. The number of hydrogen-bond acceptors (Lipinski definition) is 3. The molecule has 0 N–H and O–H groups in total. The fraction of sp³-hybridized carbons (Fsp3) is 0.174. The maximum absolute atomic E-state index is 6.18. The highest BCUT2D eigenvalue weighted by molar-refractivity contribution is 14.1. The lowest BCUT2D eigenvalue weighted by molar-refractivity contribution is 0.267. The van der Waals surface area contributed by atoms with E-state index in [-0.39, 0.29) is 0 Å². The van der Waals surface area contributed by atoms with E-state index in [1.54, 1.807) is 6.21 Å². The molecule has 0 aliphatic heterocycles. The molecule has 0 atom stereocenters. The quantitative estimate of drug-likeness (QED) is 0.228. The second-order valence-corrected chi connectivity index (χ2v) is 8.38. The molecule has 0 amide bonds. The number of hydrogen-bond donors (Lipinski definition) is 0. The summed E-state index contributed by atoms with van der Waals surface area (Å²) in [5, 5.41) is 1.39. The van der Waals surface area contributed by atoms with E-state index >= 15 is 0 Å². The molecule has 3 rings (SSSR count). The molecular weight excluding hydrogens is 520 g/mol. The summed E-state index contributed by atoms with van der Waals surface area (Å²) in [6.45, 7) is 4.86. The number of aliphatic imine (C=N–C) groups is 1. The van der Waals surface area contributed by atoms with E-state index in [1.807, 2.05) is 68.4 Å². The van der Waals surface area contributed by atoms with Crippen LogP contribution in [0.25, 0.3) is 0 Å². The van der Waals surface area contributed by atoms with Gasteiger partial charge in [-0.2, -0.15) is 0 Å². The van der Waals surface area contributed by atoms with Gasteiger partial charge >= 0.3 is 0 Å². The van der Waals surface area contributed by atoms with Crippen LogP contribution in [0, 0.1) is 10.5 Å². The summed E-state index contributed by atoms with van der Waals surface area (Å²) in [4.78, 5) is 4.53. The van der Waals surface area contributed by atoms with Gasteiger partial charge in [0.15, 0.2) is 11.5 Å². The molecule has 3 nitrogen and oxygen atoms in total. The molecule has 6 heteroatoms. The second-order valence-electron chi connectivity index (χ2n) is 6.37. The molecule has 0 aliphatic rings. The normalized spacial score (nSPS) is 11.1. The number of benzene rings is 3. The minimum atomic E-state index is 0.409. The lowest BCUT2D eigenvalue weighted by Crippen LogP contribution is -2.02. The number of aryl methyl sites for hydroxylation is 1. The molecular formula is C23H20Cl2INO2. The molecule has 0 radical (unpaired) electrons. The Bertz CT molecular complexity index is 1040. The van der Waals surface area contributed by atoms with Gasteiger partial charge in [-0.3, -0.25) is 4.99 Å². The summed E-state index contributed by atoms with van der Waals surface area (Å²) in [5.41, 5.74) is 3.75. The van der Waals surface area contributed by atoms with Crippen molar-refractivity contribution >= 4 is 57.7 Å². The van der Waals surface area contributed by atoms with Crippen LogP contribution in [-0.4, -0.2) is 12.8 Å². The molecule has 29 heavy (non-hydrogen) atoms. The first-order valence-electron chi connectivity index (χ1n) is 9.10. The van der Waals surface area contributed by atoms with Crippen molar-refractivity contribution in [2.45, 2.75) is 20.5 Å². The van der Waals surface area contributed by atoms with Gasteiger partial charge < -0.3 is 9.47 Å². The Morgan fingerprint density at radius 2 is 1.86 bits per heavy atom. The molecule has 0 aromatic heterocycles. The lowest BCUT2D eigenvalue weighted by Gasteiger charge is -2.15. The van der Waals surface area contributed by atoms with Crippen molar-refractivity contribution < 1.29 is 9.47 Å². The van der Waals surface area contributed by atoms with Crippen molar-refractivity contribution in [2.24, 2.45) is 4.99 Å². The van der Waals surface area contributed by atoms with Gasteiger partial charge in [0.05, 0.1) is 15.9 Å². The monoisotopic (exact) mass is 539 g/mol. The smallest absolute Gasteiger partial charge is 0.175 e. The van der Waals surface area contributed by atoms with E-state index in [0.29, 0.717) is 34.8 Å². The molecule has 0 bridgehead atoms. The highest BCUT2D eigenvalue weighted by atomic mass is 127. The van der Waals surface area contributed by atoms with Crippen LogP contribution in [0.5, 0.6) is 11.5 Å². The first-order chi connectivity index (χ1) is 14.0. The molecule has 0 fully saturated rings. The fourth-order valence-corrected chi connectivity index (χ4v) is 3.83. The Morgan fingerprint density at radius 3 is 2.59 bits per heavy atom. The summed E-state index contributed by atoms with van der Waals surface area (Å²) >= 11 is 14.5. The zero-order valence-corrected chi connectivity index (χ0v) is 19.8. The van der Waals surface area contributed by atoms with Gasteiger partial charge in [-0.05, 0) is 89.5 Å². The van der Waals surface area contributed by atoms with Gasteiger partial charge in [-0.25, -0.2) is 0 Å². The molecule has 3 aromatic rings. The first-order valence-corrected chi connectivity index (χ1v) is 10.9. The molecule has 0 spiro atoms. The van der Waals surface area contributed by atoms with E-state index < -0.39 is 0 Å². The average Bonchev–Trinajstić information content (AvgIpc) is 2.68. The maximum Gasteiger partial charge on any atom is 0.175 e. The van der Waals surface area contributed by atoms with Crippen molar-refractivity contribution in [1.82, 2.24) is 0 Å². The Balaban J connectivity index is 1.83. The molecule has 0 aliphatic carbocycles. The van der Waals surface area contributed by atoms with Crippen molar-refractivity contribution in [3.63, 3.8) is 0 Å². The van der Waals surface area contributed by atoms with Crippen molar-refractivity contribution in [3.8, 4) is 11.5 Å². The van der Waals surface area contributed by atoms with Crippen LogP contribution in [0.2, 0.25) is 10.0 Å². The minimum absolute atomic E-state index is 0.409. The number of ether oxygens (including phenoxy) is 2. The van der Waals surface area contributed by atoms with Crippen molar-refractivity contribution in [3.05, 3.63) is 84.9 Å². The summed E-state index contributed by atoms with van der Waals surface area (Å²) in [6, 6.07) is 17.3. The van der Waals surface area contributed by atoms with Crippen molar-refractivity contribution in [2.75, 3.05) is 6.61 Å². The highest BCUT2D eigenvalue weighted by Gasteiger charge is 2.12. The van der Waals surface area contributed by atoms with Gasteiger partial charge in [0.2, 0.25) is 0 Å². The van der Waals surface area contributed by atoms with Crippen LogP contribution in [0.15, 0.2) is 59.6 Å². The SMILES string of the molecule is CCOc1cc(C=Nc2ccc(C)c(Cl)c2)cc(I)c1OCc1cccc(Cl)c1. The first kappa shape index (κ1) is 21.9. The van der Waals surface area contributed by atoms with Crippen LogP contribution in [0.4, 0.5) is 5.69 Å². The summed E-state index contributed by atoms with van der Waals surface area (Å²) in [5.74, 6) is 1.40. The zero-order valence-electron chi connectivity index (χ0n) is 16.1. The van der Waals surface area contributed by atoms with E-state index in [4.69, 9.17) is 32.7 Å². The Morgan fingerprint density at radius 1 is 1.03 bits per heavy atom. The average molecular weight is 540 g/mol. The molecule has 0 unspecified atom stereocenters. The van der Waals surface area contributed by atoms with Crippen LogP contribution < -0.4 is 9.47 Å². The van der Waals surface area contributed by atoms with Gasteiger partial charge in [0.25, 0.3) is 0 Å². The van der Waals surface area contributed by atoms with Gasteiger partial charge in [0.1, 0.15) is 6.61 Å². The second kappa shape index (κ2) is 10.3. The Hall–Kier alpha value is -1.76. The van der Waals surface area contributed by atoms with E-state index in [2.05, 4.69) is 27.6 Å². The predicted octanol–water partition coefficient (Wildman–Crippen LogP) is 7.63. The summed E-state index contributed by atoms with van der Waals surface area (Å²) < 4.78 is 12.8. The van der Waals surface area contributed by atoms with Crippen molar-refractivity contribution in [1.29, 1.82) is 0 Å². The standard InChI is InChI=1S/C23H20Cl2INO2/c1-3-28-22-11-17(13-27-19-8-7-15(2)20(25)12-19)10-21(26)23(22)29-14-16-5-4-6-18(24)9-16/h4-13H,3,14H2,1-2H3. The summed E-state index contributed by atoms with van der Waals surface area (Å²) in [7, 11) is 0. The number of rotatable bonds is 7. The van der Waals surface area contributed by atoms with E-state index in [0.717, 1.165) is 25.9 Å². The van der Waals surface area contributed by atoms with Crippen LogP contribution >= 0.6 is 45.8 Å². The lowest BCUT2D eigenvalue weighted by atomic mass is 10.2. The van der Waals surface area contributed by atoms with Gasteiger partial charge in [-0.15, -0.1) is 0 Å². The summed E-state index contributed by atoms with van der Waals surface area (Å²) in [6.07, 6.45) is 1.80. The Labute approximate surface area is 194 Å². The zero-order chi connectivity index (χ0) is 20.8. The molecule has 0 heterocycles. The van der Waals surface area contributed by atoms with Gasteiger partial charge in [-0.1, -0.05) is 41.4 Å². The van der Waals surface area contributed by atoms with Crippen LogP contribution in [-0.2, 0) is 6.61 Å². The molecule has 0 saturated carbocycles.